The van der Waals surface area contributed by atoms with Crippen molar-refractivity contribution >= 4 is 5.91 Å². The summed E-state index contributed by atoms with van der Waals surface area (Å²) < 4.78 is 21.7. The molecule has 3 rings (SSSR count). The summed E-state index contributed by atoms with van der Waals surface area (Å²) in [6.07, 6.45) is 3.38. The molecule has 0 radical (unpaired) electrons. The molecule has 2 fully saturated rings. The summed E-state index contributed by atoms with van der Waals surface area (Å²) in [6, 6.07) is 3.40. The third-order valence-electron chi connectivity index (χ3n) is 4.71. The van der Waals surface area contributed by atoms with Crippen LogP contribution in [0.15, 0.2) is 12.1 Å². The van der Waals surface area contributed by atoms with Gasteiger partial charge in [0.05, 0.1) is 19.8 Å². The number of amides is 1. The van der Waals surface area contributed by atoms with Crippen molar-refractivity contribution in [1.29, 1.82) is 0 Å². The Balaban J connectivity index is 1.68. The minimum atomic E-state index is -0.184. The highest BCUT2D eigenvalue weighted by molar-refractivity contribution is 5.96. The smallest absolute Gasteiger partial charge is 0.256 e. The Morgan fingerprint density at radius 3 is 2.75 bits per heavy atom. The Morgan fingerprint density at radius 2 is 2.04 bits per heavy atom. The van der Waals surface area contributed by atoms with E-state index in [-0.39, 0.29) is 23.4 Å². The van der Waals surface area contributed by atoms with E-state index in [9.17, 15) is 4.79 Å². The highest BCUT2D eigenvalue weighted by Gasteiger charge is 2.39. The van der Waals surface area contributed by atoms with E-state index in [2.05, 4.69) is 10.3 Å². The number of ether oxygens (including phenoxy) is 4. The highest BCUT2D eigenvalue weighted by Crippen LogP contribution is 2.34. The van der Waals surface area contributed by atoms with Gasteiger partial charge in [-0.1, -0.05) is 0 Å². The van der Waals surface area contributed by atoms with Gasteiger partial charge in [0.1, 0.15) is 5.56 Å². The van der Waals surface area contributed by atoms with E-state index in [4.69, 9.17) is 18.9 Å². The molecular formula is C17H24N2O5. The predicted molar refractivity (Wildman–Crippen MR) is 86.6 cm³/mol. The monoisotopic (exact) mass is 336 g/mol. The molecule has 1 N–H and O–H groups in total. The van der Waals surface area contributed by atoms with Crippen molar-refractivity contribution in [3.63, 3.8) is 0 Å². The van der Waals surface area contributed by atoms with Crippen molar-refractivity contribution in [2.45, 2.75) is 37.3 Å². The Labute approximate surface area is 141 Å². The molecule has 132 valence electrons. The van der Waals surface area contributed by atoms with Gasteiger partial charge in [0.25, 0.3) is 5.91 Å². The van der Waals surface area contributed by atoms with Crippen LogP contribution in [0.25, 0.3) is 0 Å². The van der Waals surface area contributed by atoms with Crippen LogP contribution in [0, 0.1) is 0 Å². The molecule has 0 aromatic carbocycles. The van der Waals surface area contributed by atoms with Crippen molar-refractivity contribution in [3.8, 4) is 11.8 Å². The fourth-order valence-electron chi connectivity index (χ4n) is 3.37. The van der Waals surface area contributed by atoms with E-state index in [1.54, 1.807) is 12.1 Å². The lowest BCUT2D eigenvalue weighted by molar-refractivity contribution is -0.139. The van der Waals surface area contributed by atoms with Crippen molar-refractivity contribution in [2.75, 3.05) is 34.0 Å². The van der Waals surface area contributed by atoms with Crippen molar-refractivity contribution in [1.82, 2.24) is 10.3 Å². The lowest BCUT2D eigenvalue weighted by Gasteiger charge is -2.43. The van der Waals surface area contributed by atoms with E-state index in [0.29, 0.717) is 18.1 Å². The number of aromatic nitrogens is 1. The van der Waals surface area contributed by atoms with Crippen LogP contribution in [0.3, 0.4) is 0 Å². The average molecular weight is 336 g/mol. The average Bonchev–Trinajstić information content (AvgIpc) is 2.61. The van der Waals surface area contributed by atoms with E-state index < -0.39 is 0 Å². The van der Waals surface area contributed by atoms with Gasteiger partial charge in [-0.3, -0.25) is 4.79 Å². The maximum Gasteiger partial charge on any atom is 0.256 e. The van der Waals surface area contributed by atoms with Gasteiger partial charge in [-0.15, -0.1) is 0 Å². The first-order valence-corrected chi connectivity index (χ1v) is 8.27. The number of hydrogen-bond donors (Lipinski definition) is 1. The lowest BCUT2D eigenvalue weighted by Crippen LogP contribution is -2.51. The summed E-state index contributed by atoms with van der Waals surface area (Å²) in [5.41, 5.74) is 0.252. The first-order valence-electron chi connectivity index (χ1n) is 8.27. The van der Waals surface area contributed by atoms with E-state index in [1.165, 1.54) is 14.2 Å². The molecule has 2 aliphatic heterocycles. The second-order valence-electron chi connectivity index (χ2n) is 6.22. The van der Waals surface area contributed by atoms with E-state index in [0.717, 1.165) is 38.9 Å². The van der Waals surface area contributed by atoms with Crippen LogP contribution in [-0.2, 0) is 9.47 Å². The van der Waals surface area contributed by atoms with Gasteiger partial charge in [-0.25, -0.2) is 0 Å². The SMILES string of the molecule is COc1ccc(C(=O)N[C@H]2CCOC3(CCOCC3)C2)c(OC)n1. The quantitative estimate of drug-likeness (QED) is 0.899. The topological polar surface area (TPSA) is 78.9 Å². The van der Waals surface area contributed by atoms with Gasteiger partial charge in [0, 0.05) is 31.9 Å². The molecule has 7 nitrogen and oxygen atoms in total. The Bertz CT molecular complexity index is 581. The molecule has 1 amide bonds. The zero-order valence-electron chi connectivity index (χ0n) is 14.2. The van der Waals surface area contributed by atoms with E-state index in [1.807, 2.05) is 0 Å². The third kappa shape index (κ3) is 3.62. The summed E-state index contributed by atoms with van der Waals surface area (Å²) in [4.78, 5) is 16.8. The number of carbonyl (C=O) groups excluding carboxylic acids is 1. The number of nitrogens with zero attached hydrogens (tertiary/aromatic N) is 1. The Hall–Kier alpha value is -1.86. The number of rotatable bonds is 4. The van der Waals surface area contributed by atoms with Crippen molar-refractivity contribution in [2.24, 2.45) is 0 Å². The first-order chi connectivity index (χ1) is 11.7. The van der Waals surface area contributed by atoms with Crippen LogP contribution in [0.5, 0.6) is 11.8 Å². The van der Waals surface area contributed by atoms with Gasteiger partial charge < -0.3 is 24.3 Å². The minimum Gasteiger partial charge on any atom is -0.481 e. The van der Waals surface area contributed by atoms with Gasteiger partial charge in [-0.05, 0) is 31.7 Å². The van der Waals surface area contributed by atoms with Crippen LogP contribution < -0.4 is 14.8 Å². The summed E-state index contributed by atoms with van der Waals surface area (Å²) in [6.45, 7) is 2.09. The second kappa shape index (κ2) is 7.36. The molecule has 2 saturated heterocycles. The predicted octanol–water partition coefficient (Wildman–Crippen LogP) is 1.56. The largest absolute Gasteiger partial charge is 0.481 e. The summed E-state index contributed by atoms with van der Waals surface area (Å²) in [5.74, 6) is 0.492. The first kappa shape index (κ1) is 17.0. The van der Waals surface area contributed by atoms with E-state index >= 15 is 0 Å². The number of hydrogen-bond acceptors (Lipinski definition) is 6. The number of pyridine rings is 1. The molecule has 0 aliphatic carbocycles. The molecule has 0 unspecified atom stereocenters. The summed E-state index contributed by atoms with van der Waals surface area (Å²) in [5, 5.41) is 3.10. The fourth-order valence-corrected chi connectivity index (χ4v) is 3.37. The molecule has 1 atom stereocenters. The maximum absolute atomic E-state index is 12.6. The molecule has 0 bridgehead atoms. The molecule has 2 aliphatic rings. The fraction of sp³-hybridized carbons (Fsp3) is 0.647. The minimum absolute atomic E-state index is 0.0798. The standard InChI is InChI=1S/C17H24N2O5/c1-21-14-4-3-13(16(19-14)22-2)15(20)18-12-5-8-24-17(11-12)6-9-23-10-7-17/h3-4,12H,5-11H2,1-2H3,(H,18,20)/t12-/m0/s1. The van der Waals surface area contributed by atoms with Crippen molar-refractivity contribution in [3.05, 3.63) is 17.7 Å². The number of methoxy groups -OCH3 is 2. The van der Waals surface area contributed by atoms with Crippen LogP contribution in [0.2, 0.25) is 0 Å². The van der Waals surface area contributed by atoms with Crippen LogP contribution in [0.1, 0.15) is 36.0 Å². The number of nitrogens with one attached hydrogen (secondary N) is 1. The van der Waals surface area contributed by atoms with Crippen LogP contribution in [0.4, 0.5) is 0 Å². The Kier molecular flexibility index (Phi) is 5.20. The van der Waals surface area contributed by atoms with Crippen molar-refractivity contribution < 1.29 is 23.7 Å². The molecule has 3 heterocycles. The lowest BCUT2D eigenvalue weighted by atomic mass is 9.84. The molecule has 1 aromatic rings. The third-order valence-corrected chi connectivity index (χ3v) is 4.71. The maximum atomic E-state index is 12.6. The van der Waals surface area contributed by atoms with Crippen LogP contribution in [-0.4, -0.2) is 56.6 Å². The molecule has 1 spiro atoms. The van der Waals surface area contributed by atoms with Gasteiger partial charge in [-0.2, -0.15) is 4.98 Å². The molecule has 7 heteroatoms. The highest BCUT2D eigenvalue weighted by atomic mass is 16.5. The summed E-state index contributed by atoms with van der Waals surface area (Å²) >= 11 is 0. The Morgan fingerprint density at radius 1 is 1.25 bits per heavy atom. The van der Waals surface area contributed by atoms with Gasteiger partial charge in [0.2, 0.25) is 11.8 Å². The second-order valence-corrected chi connectivity index (χ2v) is 6.22. The summed E-state index contributed by atoms with van der Waals surface area (Å²) in [7, 11) is 3.01. The zero-order valence-corrected chi connectivity index (χ0v) is 14.2. The number of carbonyl (C=O) groups is 1. The van der Waals surface area contributed by atoms with Crippen LogP contribution >= 0.6 is 0 Å². The van der Waals surface area contributed by atoms with Gasteiger partial charge in [0.15, 0.2) is 0 Å². The molecular weight excluding hydrogens is 312 g/mol. The zero-order chi connectivity index (χ0) is 17.0. The molecule has 24 heavy (non-hydrogen) atoms. The molecule has 0 saturated carbocycles. The molecule has 1 aromatic heterocycles. The van der Waals surface area contributed by atoms with Gasteiger partial charge >= 0.3 is 0 Å². The normalized spacial score (nSPS) is 22.8.